The van der Waals surface area contributed by atoms with Gasteiger partial charge in [0.2, 0.25) is 0 Å². The topological polar surface area (TPSA) is 12.0 Å². The minimum absolute atomic E-state index is 0.145. The summed E-state index contributed by atoms with van der Waals surface area (Å²) in [6, 6.07) is 9.36. The summed E-state index contributed by atoms with van der Waals surface area (Å²) >= 11 is 0. The fourth-order valence-corrected chi connectivity index (χ4v) is 2.03. The van der Waals surface area contributed by atoms with Crippen molar-refractivity contribution in [2.45, 2.75) is 38.8 Å². The molecule has 0 amide bonds. The second-order valence-electron chi connectivity index (χ2n) is 4.78. The van der Waals surface area contributed by atoms with Gasteiger partial charge in [-0.15, -0.1) is 6.42 Å². The summed E-state index contributed by atoms with van der Waals surface area (Å²) in [6.45, 7) is 4.16. The normalized spacial score (nSPS) is 18.8. The molecular formula is C15H19N. The van der Waals surface area contributed by atoms with Gasteiger partial charge >= 0.3 is 0 Å². The third-order valence-electron chi connectivity index (χ3n) is 3.21. The number of hydrogen-bond acceptors (Lipinski definition) is 1. The van der Waals surface area contributed by atoms with E-state index in [2.05, 4.69) is 42.4 Å². The quantitative estimate of drug-likeness (QED) is 0.758. The SMILES string of the molecule is C#CC(C)NC(c1ccc(C)cc1)C1CC1. The highest BCUT2D eigenvalue weighted by atomic mass is 15.0. The smallest absolute Gasteiger partial charge is 0.0663 e. The molecule has 16 heavy (non-hydrogen) atoms. The Kier molecular flexibility index (Phi) is 3.31. The van der Waals surface area contributed by atoms with Crippen molar-refractivity contribution in [3.05, 3.63) is 35.4 Å². The Hall–Kier alpha value is -1.26. The minimum Gasteiger partial charge on any atom is -0.297 e. The summed E-state index contributed by atoms with van der Waals surface area (Å²) in [5, 5.41) is 3.53. The highest BCUT2D eigenvalue weighted by molar-refractivity contribution is 5.26. The van der Waals surface area contributed by atoms with Crippen molar-refractivity contribution in [3.63, 3.8) is 0 Å². The summed E-state index contributed by atoms with van der Waals surface area (Å²) in [7, 11) is 0. The number of benzene rings is 1. The maximum atomic E-state index is 5.43. The molecule has 0 saturated heterocycles. The van der Waals surface area contributed by atoms with Gasteiger partial charge in [-0.05, 0) is 38.2 Å². The number of aryl methyl sites for hydroxylation is 1. The van der Waals surface area contributed by atoms with Crippen LogP contribution in [0.2, 0.25) is 0 Å². The summed E-state index contributed by atoms with van der Waals surface area (Å²) in [5.74, 6) is 3.52. The molecule has 0 spiro atoms. The molecule has 1 aliphatic carbocycles. The van der Waals surface area contributed by atoms with Crippen molar-refractivity contribution in [2.75, 3.05) is 0 Å². The number of rotatable bonds is 4. The molecule has 0 aliphatic heterocycles. The second-order valence-corrected chi connectivity index (χ2v) is 4.78. The van der Waals surface area contributed by atoms with Gasteiger partial charge in [0, 0.05) is 6.04 Å². The molecule has 2 rings (SSSR count). The van der Waals surface area contributed by atoms with Crippen LogP contribution in [0.15, 0.2) is 24.3 Å². The molecule has 1 nitrogen and oxygen atoms in total. The van der Waals surface area contributed by atoms with Crippen LogP contribution in [0.3, 0.4) is 0 Å². The summed E-state index contributed by atoms with van der Waals surface area (Å²) < 4.78 is 0. The average Bonchev–Trinajstić information content (AvgIpc) is 3.11. The Morgan fingerprint density at radius 3 is 2.44 bits per heavy atom. The van der Waals surface area contributed by atoms with Crippen molar-refractivity contribution < 1.29 is 0 Å². The maximum Gasteiger partial charge on any atom is 0.0663 e. The van der Waals surface area contributed by atoms with Gasteiger partial charge in [-0.1, -0.05) is 35.7 Å². The molecule has 84 valence electrons. The van der Waals surface area contributed by atoms with Gasteiger partial charge in [-0.2, -0.15) is 0 Å². The predicted molar refractivity (Wildman–Crippen MR) is 68.1 cm³/mol. The third kappa shape index (κ3) is 2.65. The van der Waals surface area contributed by atoms with E-state index in [4.69, 9.17) is 6.42 Å². The van der Waals surface area contributed by atoms with Crippen LogP contribution in [0, 0.1) is 25.2 Å². The molecule has 0 aromatic heterocycles. The van der Waals surface area contributed by atoms with E-state index in [1.807, 2.05) is 6.92 Å². The Bertz CT molecular complexity index is 381. The fraction of sp³-hybridized carbons (Fsp3) is 0.467. The second kappa shape index (κ2) is 4.72. The minimum atomic E-state index is 0.145. The molecular weight excluding hydrogens is 194 g/mol. The zero-order valence-electron chi connectivity index (χ0n) is 10.0. The Morgan fingerprint density at radius 2 is 1.94 bits per heavy atom. The van der Waals surface area contributed by atoms with Crippen LogP contribution in [-0.2, 0) is 0 Å². The van der Waals surface area contributed by atoms with Gasteiger partial charge < -0.3 is 0 Å². The molecule has 2 atom stereocenters. The molecule has 0 heterocycles. The lowest BCUT2D eigenvalue weighted by atomic mass is 10.0. The Morgan fingerprint density at radius 1 is 1.31 bits per heavy atom. The zero-order valence-corrected chi connectivity index (χ0v) is 10.0. The molecule has 0 radical (unpaired) electrons. The van der Waals surface area contributed by atoms with Crippen LogP contribution >= 0.6 is 0 Å². The van der Waals surface area contributed by atoms with Gasteiger partial charge in [0.25, 0.3) is 0 Å². The Balaban J connectivity index is 2.13. The predicted octanol–water partition coefficient (Wildman–Crippen LogP) is 3.06. The van der Waals surface area contributed by atoms with Crippen LogP contribution in [0.1, 0.15) is 36.9 Å². The first-order chi connectivity index (χ1) is 7.70. The van der Waals surface area contributed by atoms with E-state index >= 15 is 0 Å². The zero-order chi connectivity index (χ0) is 11.5. The van der Waals surface area contributed by atoms with E-state index in [-0.39, 0.29) is 6.04 Å². The standard InChI is InChI=1S/C15H19N/c1-4-12(3)16-15(14-9-10-14)13-7-5-11(2)6-8-13/h1,5-8,12,14-16H,9-10H2,2-3H3. The molecule has 1 N–H and O–H groups in total. The van der Waals surface area contributed by atoms with E-state index in [1.165, 1.54) is 24.0 Å². The molecule has 1 aliphatic rings. The van der Waals surface area contributed by atoms with Crippen LogP contribution in [0.5, 0.6) is 0 Å². The molecule has 0 bridgehead atoms. The Labute approximate surface area is 98.3 Å². The summed E-state index contributed by atoms with van der Waals surface area (Å²) in [5.41, 5.74) is 2.68. The van der Waals surface area contributed by atoms with Gasteiger partial charge in [-0.25, -0.2) is 0 Å². The molecule has 2 unspecified atom stereocenters. The molecule has 1 saturated carbocycles. The van der Waals surface area contributed by atoms with Crippen molar-refractivity contribution in [2.24, 2.45) is 5.92 Å². The first-order valence-electron chi connectivity index (χ1n) is 5.99. The monoisotopic (exact) mass is 213 g/mol. The highest BCUT2D eigenvalue weighted by Gasteiger charge is 2.32. The lowest BCUT2D eigenvalue weighted by Gasteiger charge is -2.21. The average molecular weight is 213 g/mol. The van der Waals surface area contributed by atoms with E-state index in [1.54, 1.807) is 0 Å². The van der Waals surface area contributed by atoms with Gasteiger partial charge in [0.1, 0.15) is 0 Å². The van der Waals surface area contributed by atoms with E-state index < -0.39 is 0 Å². The molecule has 1 heteroatoms. The number of hydrogen-bond donors (Lipinski definition) is 1. The number of nitrogens with one attached hydrogen (secondary N) is 1. The van der Waals surface area contributed by atoms with Gasteiger partial charge in [0.05, 0.1) is 6.04 Å². The van der Waals surface area contributed by atoms with Crippen LogP contribution in [0.4, 0.5) is 0 Å². The largest absolute Gasteiger partial charge is 0.297 e. The van der Waals surface area contributed by atoms with Gasteiger partial charge in [-0.3, -0.25) is 5.32 Å². The van der Waals surface area contributed by atoms with Crippen molar-refractivity contribution in [1.82, 2.24) is 5.32 Å². The molecule has 1 aromatic rings. The lowest BCUT2D eigenvalue weighted by molar-refractivity contribution is 0.462. The first-order valence-corrected chi connectivity index (χ1v) is 5.99. The first kappa shape index (κ1) is 11.2. The van der Waals surface area contributed by atoms with Crippen LogP contribution < -0.4 is 5.32 Å². The van der Waals surface area contributed by atoms with E-state index in [9.17, 15) is 0 Å². The van der Waals surface area contributed by atoms with Crippen molar-refractivity contribution >= 4 is 0 Å². The molecule has 1 aromatic carbocycles. The van der Waals surface area contributed by atoms with Crippen molar-refractivity contribution in [3.8, 4) is 12.3 Å². The van der Waals surface area contributed by atoms with Crippen molar-refractivity contribution in [1.29, 1.82) is 0 Å². The maximum absolute atomic E-state index is 5.43. The van der Waals surface area contributed by atoms with Gasteiger partial charge in [0.15, 0.2) is 0 Å². The summed E-state index contributed by atoms with van der Waals surface area (Å²) in [4.78, 5) is 0. The van der Waals surface area contributed by atoms with Crippen LogP contribution in [-0.4, -0.2) is 6.04 Å². The lowest BCUT2D eigenvalue weighted by Crippen LogP contribution is -2.30. The summed E-state index contributed by atoms with van der Waals surface area (Å²) in [6.07, 6.45) is 8.08. The highest BCUT2D eigenvalue weighted by Crippen LogP contribution is 2.41. The molecule has 1 fully saturated rings. The fourth-order valence-electron chi connectivity index (χ4n) is 2.03. The van der Waals surface area contributed by atoms with E-state index in [0.29, 0.717) is 6.04 Å². The third-order valence-corrected chi connectivity index (χ3v) is 3.21. The number of terminal acetylenes is 1. The van der Waals surface area contributed by atoms with E-state index in [0.717, 1.165) is 5.92 Å². The van der Waals surface area contributed by atoms with Crippen LogP contribution in [0.25, 0.3) is 0 Å².